The van der Waals surface area contributed by atoms with Gasteiger partial charge in [0, 0.05) is 12.1 Å². The van der Waals surface area contributed by atoms with Crippen LogP contribution in [0.2, 0.25) is 5.15 Å². The predicted octanol–water partition coefficient (Wildman–Crippen LogP) is 1.49. The molecule has 0 radical (unpaired) electrons. The van der Waals surface area contributed by atoms with Gasteiger partial charge in [-0.15, -0.1) is 0 Å². The summed E-state index contributed by atoms with van der Waals surface area (Å²) >= 11 is 5.95. The molecular formula is C11H14ClN5O. The summed E-state index contributed by atoms with van der Waals surface area (Å²) in [6, 6.07) is 2.08. The van der Waals surface area contributed by atoms with E-state index in [0.717, 1.165) is 31.5 Å². The van der Waals surface area contributed by atoms with Gasteiger partial charge in [-0.25, -0.2) is 0 Å². The summed E-state index contributed by atoms with van der Waals surface area (Å²) in [7, 11) is 0. The molecule has 0 unspecified atom stereocenters. The van der Waals surface area contributed by atoms with Gasteiger partial charge in [0.2, 0.25) is 0 Å². The Bertz CT molecular complexity index is 549. The Kier molecular flexibility index (Phi) is 3.05. The molecule has 0 saturated heterocycles. The number of hydrogen-bond donors (Lipinski definition) is 2. The Morgan fingerprint density at radius 2 is 2.11 bits per heavy atom. The van der Waals surface area contributed by atoms with E-state index in [-0.39, 0.29) is 6.10 Å². The molecule has 1 aliphatic carbocycles. The van der Waals surface area contributed by atoms with Crippen LogP contribution in [0, 0.1) is 0 Å². The minimum Gasteiger partial charge on any atom is -0.393 e. The average Bonchev–Trinajstić information content (AvgIpc) is 2.80. The lowest BCUT2D eigenvalue weighted by molar-refractivity contribution is 0.126. The van der Waals surface area contributed by atoms with E-state index < -0.39 is 0 Å². The molecule has 2 aromatic rings. The van der Waals surface area contributed by atoms with Crippen molar-refractivity contribution < 1.29 is 5.11 Å². The molecule has 96 valence electrons. The number of hydrogen-bond acceptors (Lipinski definition) is 5. The molecule has 6 nitrogen and oxygen atoms in total. The van der Waals surface area contributed by atoms with Crippen molar-refractivity contribution in [2.75, 3.05) is 5.32 Å². The zero-order valence-electron chi connectivity index (χ0n) is 9.75. The zero-order valence-corrected chi connectivity index (χ0v) is 10.5. The first-order valence-electron chi connectivity index (χ1n) is 6.03. The van der Waals surface area contributed by atoms with Crippen LogP contribution in [0.4, 0.5) is 5.82 Å². The minimum atomic E-state index is -0.157. The van der Waals surface area contributed by atoms with Gasteiger partial charge in [0.15, 0.2) is 0 Å². The molecular weight excluding hydrogens is 254 g/mol. The predicted molar refractivity (Wildman–Crippen MR) is 67.7 cm³/mol. The molecule has 1 saturated carbocycles. The summed E-state index contributed by atoms with van der Waals surface area (Å²) in [5, 5.41) is 17.4. The fourth-order valence-corrected chi connectivity index (χ4v) is 2.49. The quantitative estimate of drug-likeness (QED) is 0.807. The topological polar surface area (TPSA) is 75.3 Å². The molecule has 2 aromatic heterocycles. The molecule has 2 heterocycles. The van der Waals surface area contributed by atoms with Gasteiger partial charge in [-0.3, -0.25) is 0 Å². The Morgan fingerprint density at radius 3 is 2.89 bits per heavy atom. The van der Waals surface area contributed by atoms with Crippen molar-refractivity contribution >= 4 is 23.2 Å². The van der Waals surface area contributed by atoms with Crippen LogP contribution < -0.4 is 5.32 Å². The van der Waals surface area contributed by atoms with Crippen LogP contribution in [0.3, 0.4) is 0 Å². The second-order valence-electron chi connectivity index (χ2n) is 4.59. The Labute approximate surface area is 109 Å². The number of rotatable bonds is 2. The van der Waals surface area contributed by atoms with Gasteiger partial charge in [-0.05, 0) is 25.7 Å². The molecule has 3 rings (SSSR count). The highest BCUT2D eigenvalue weighted by Crippen LogP contribution is 2.23. The van der Waals surface area contributed by atoms with E-state index in [0.29, 0.717) is 17.0 Å². The minimum absolute atomic E-state index is 0.157. The van der Waals surface area contributed by atoms with Crippen LogP contribution in [0.5, 0.6) is 0 Å². The third-order valence-corrected chi connectivity index (χ3v) is 3.46. The molecule has 1 fully saturated rings. The zero-order chi connectivity index (χ0) is 12.5. The summed E-state index contributed by atoms with van der Waals surface area (Å²) < 4.78 is 1.64. The van der Waals surface area contributed by atoms with Gasteiger partial charge in [0.1, 0.15) is 17.3 Å². The molecule has 0 bridgehead atoms. The van der Waals surface area contributed by atoms with Crippen molar-refractivity contribution in [3.63, 3.8) is 0 Å². The first kappa shape index (κ1) is 11.7. The molecule has 7 heteroatoms. The number of aliphatic hydroxyl groups excluding tert-OH is 1. The van der Waals surface area contributed by atoms with E-state index >= 15 is 0 Å². The standard InChI is InChI=1S/C11H14ClN5O/c12-9-5-10(17-11(16-9)13-6-14-17)15-7-1-3-8(18)4-2-7/h5-8,15,18H,1-4H2/t7-,8-. The van der Waals surface area contributed by atoms with Crippen molar-refractivity contribution in [2.24, 2.45) is 0 Å². The maximum absolute atomic E-state index is 9.49. The largest absolute Gasteiger partial charge is 0.393 e. The lowest BCUT2D eigenvalue weighted by atomic mass is 9.93. The Hall–Kier alpha value is -1.40. The number of nitrogens with one attached hydrogen (secondary N) is 1. The number of halogens is 1. The van der Waals surface area contributed by atoms with Gasteiger partial charge in [-0.2, -0.15) is 19.6 Å². The highest BCUT2D eigenvalue weighted by Gasteiger charge is 2.20. The second-order valence-corrected chi connectivity index (χ2v) is 4.97. The number of anilines is 1. The smallest absolute Gasteiger partial charge is 0.255 e. The van der Waals surface area contributed by atoms with Crippen molar-refractivity contribution in [3.05, 3.63) is 17.5 Å². The lowest BCUT2D eigenvalue weighted by Gasteiger charge is -2.26. The van der Waals surface area contributed by atoms with Gasteiger partial charge >= 0.3 is 0 Å². The van der Waals surface area contributed by atoms with Crippen molar-refractivity contribution in [1.29, 1.82) is 0 Å². The molecule has 1 aliphatic rings. The summed E-state index contributed by atoms with van der Waals surface area (Å²) in [4.78, 5) is 8.10. The van der Waals surface area contributed by atoms with E-state index in [9.17, 15) is 5.11 Å². The van der Waals surface area contributed by atoms with Crippen LogP contribution in [0.25, 0.3) is 5.78 Å². The molecule has 0 amide bonds. The third-order valence-electron chi connectivity index (χ3n) is 3.27. The van der Waals surface area contributed by atoms with Gasteiger partial charge in [-0.1, -0.05) is 11.6 Å². The van der Waals surface area contributed by atoms with Crippen molar-refractivity contribution in [3.8, 4) is 0 Å². The first-order valence-corrected chi connectivity index (χ1v) is 6.41. The van der Waals surface area contributed by atoms with Crippen LogP contribution in [0.15, 0.2) is 12.4 Å². The monoisotopic (exact) mass is 267 g/mol. The third kappa shape index (κ3) is 2.26. The lowest BCUT2D eigenvalue weighted by Crippen LogP contribution is -2.29. The highest BCUT2D eigenvalue weighted by molar-refractivity contribution is 6.29. The van der Waals surface area contributed by atoms with E-state index in [1.165, 1.54) is 6.33 Å². The summed E-state index contributed by atoms with van der Waals surface area (Å²) in [6.07, 6.45) is 4.84. The van der Waals surface area contributed by atoms with Crippen LogP contribution in [-0.4, -0.2) is 36.8 Å². The van der Waals surface area contributed by atoms with E-state index in [4.69, 9.17) is 11.6 Å². The number of nitrogens with zero attached hydrogens (tertiary/aromatic N) is 4. The molecule has 0 atom stereocenters. The second kappa shape index (κ2) is 4.70. The summed E-state index contributed by atoms with van der Waals surface area (Å²) in [5.74, 6) is 1.28. The number of aliphatic hydroxyl groups is 1. The van der Waals surface area contributed by atoms with Crippen molar-refractivity contribution in [1.82, 2.24) is 19.6 Å². The van der Waals surface area contributed by atoms with Gasteiger partial charge in [0.25, 0.3) is 5.78 Å². The van der Waals surface area contributed by atoms with Crippen LogP contribution in [0.1, 0.15) is 25.7 Å². The molecule has 18 heavy (non-hydrogen) atoms. The SMILES string of the molecule is O[C@H]1CC[C@H](Nc2cc(Cl)nc3ncnn23)CC1. The maximum Gasteiger partial charge on any atom is 0.255 e. The van der Waals surface area contributed by atoms with E-state index in [2.05, 4.69) is 20.4 Å². The molecule has 2 N–H and O–H groups in total. The van der Waals surface area contributed by atoms with Crippen LogP contribution >= 0.6 is 11.6 Å². The Morgan fingerprint density at radius 1 is 1.33 bits per heavy atom. The van der Waals surface area contributed by atoms with Gasteiger partial charge < -0.3 is 10.4 Å². The highest BCUT2D eigenvalue weighted by atomic mass is 35.5. The fourth-order valence-electron chi connectivity index (χ4n) is 2.32. The number of aromatic nitrogens is 4. The fraction of sp³-hybridized carbons (Fsp3) is 0.545. The van der Waals surface area contributed by atoms with E-state index in [1.807, 2.05) is 0 Å². The summed E-state index contributed by atoms with van der Waals surface area (Å²) in [6.45, 7) is 0. The van der Waals surface area contributed by atoms with Crippen LogP contribution in [-0.2, 0) is 0 Å². The maximum atomic E-state index is 9.49. The average molecular weight is 268 g/mol. The van der Waals surface area contributed by atoms with Crippen molar-refractivity contribution in [2.45, 2.75) is 37.8 Å². The normalized spacial score (nSPS) is 24.3. The molecule has 0 aliphatic heterocycles. The summed E-state index contributed by atoms with van der Waals surface area (Å²) in [5.41, 5.74) is 0. The van der Waals surface area contributed by atoms with E-state index in [1.54, 1.807) is 10.6 Å². The Balaban J connectivity index is 1.83. The molecule has 0 aromatic carbocycles. The molecule has 0 spiro atoms. The number of fused-ring (bicyclic) bond motifs is 1. The van der Waals surface area contributed by atoms with Gasteiger partial charge in [0.05, 0.1) is 6.10 Å². The first-order chi connectivity index (χ1) is 8.72.